The van der Waals surface area contributed by atoms with Crippen LogP contribution in [0.3, 0.4) is 0 Å². The molecule has 4 heteroatoms. The molecule has 0 amide bonds. The summed E-state index contributed by atoms with van der Waals surface area (Å²) < 4.78 is 0. The van der Waals surface area contributed by atoms with Gasteiger partial charge in [-0.15, -0.1) is 5.92 Å². The fraction of sp³-hybridized carbons (Fsp3) is 0.286. The van der Waals surface area contributed by atoms with Crippen LogP contribution < -0.4 is 5.73 Å². The molecule has 1 fully saturated rings. The first kappa shape index (κ1) is 15.6. The molecule has 1 saturated carbocycles. The highest BCUT2D eigenvalue weighted by atomic mass is 15.2. The van der Waals surface area contributed by atoms with E-state index < -0.39 is 5.66 Å². The van der Waals surface area contributed by atoms with Gasteiger partial charge >= 0.3 is 0 Å². The molecule has 25 heavy (non-hydrogen) atoms. The van der Waals surface area contributed by atoms with E-state index in [1.54, 1.807) is 6.20 Å². The standard InChI is InChI=1S/C21H20N4/c1-3-5-15-10-17(13-23-12-15)16-6-4-7-19(11-16)21(18-8-9-18)24-14(2)20(22)25-21/h4,6-7,10-13,18H,8-9H2,1-2H3,(H2,22,25)/t21-/m1/s1. The Bertz CT molecular complexity index is 937. The first-order valence-electron chi connectivity index (χ1n) is 8.53. The van der Waals surface area contributed by atoms with Crippen LogP contribution in [0.2, 0.25) is 0 Å². The summed E-state index contributed by atoms with van der Waals surface area (Å²) in [6.45, 7) is 3.76. The summed E-state index contributed by atoms with van der Waals surface area (Å²) in [4.78, 5) is 14.0. The molecule has 0 unspecified atom stereocenters. The molecule has 2 aromatic rings. The number of amidine groups is 1. The van der Waals surface area contributed by atoms with Crippen LogP contribution in [0.1, 0.15) is 37.8 Å². The van der Waals surface area contributed by atoms with E-state index in [1.807, 2.05) is 20.0 Å². The van der Waals surface area contributed by atoms with Crippen molar-refractivity contribution in [2.75, 3.05) is 0 Å². The van der Waals surface area contributed by atoms with Crippen molar-refractivity contribution in [1.82, 2.24) is 4.98 Å². The molecular weight excluding hydrogens is 308 g/mol. The summed E-state index contributed by atoms with van der Waals surface area (Å²) in [6, 6.07) is 10.5. The topological polar surface area (TPSA) is 63.6 Å². The fourth-order valence-corrected chi connectivity index (χ4v) is 3.37. The molecule has 4 nitrogen and oxygen atoms in total. The predicted octanol–water partition coefficient (Wildman–Crippen LogP) is 3.51. The first-order valence-corrected chi connectivity index (χ1v) is 8.53. The Morgan fingerprint density at radius 3 is 2.64 bits per heavy atom. The summed E-state index contributed by atoms with van der Waals surface area (Å²) >= 11 is 0. The lowest BCUT2D eigenvalue weighted by molar-refractivity contribution is 0.417. The van der Waals surface area contributed by atoms with Crippen molar-refractivity contribution in [2.45, 2.75) is 32.4 Å². The number of pyridine rings is 1. The molecule has 2 aliphatic rings. The van der Waals surface area contributed by atoms with E-state index in [0.717, 1.165) is 40.8 Å². The highest BCUT2D eigenvalue weighted by Gasteiger charge is 2.49. The van der Waals surface area contributed by atoms with Gasteiger partial charge in [0.1, 0.15) is 5.84 Å². The third-order valence-corrected chi connectivity index (χ3v) is 4.77. The van der Waals surface area contributed by atoms with E-state index in [0.29, 0.717) is 11.8 Å². The number of benzene rings is 1. The van der Waals surface area contributed by atoms with E-state index >= 15 is 0 Å². The van der Waals surface area contributed by atoms with Gasteiger partial charge in [0.05, 0.1) is 5.71 Å². The maximum absolute atomic E-state index is 6.05. The van der Waals surface area contributed by atoms with Crippen molar-refractivity contribution in [3.63, 3.8) is 0 Å². The summed E-state index contributed by atoms with van der Waals surface area (Å²) in [6.07, 6.45) is 5.93. The van der Waals surface area contributed by atoms with Gasteiger partial charge in [-0.3, -0.25) is 9.98 Å². The van der Waals surface area contributed by atoms with Crippen molar-refractivity contribution in [3.8, 4) is 23.0 Å². The Balaban J connectivity index is 1.80. The average Bonchev–Trinajstić information content (AvgIpc) is 3.43. The van der Waals surface area contributed by atoms with E-state index in [-0.39, 0.29) is 0 Å². The van der Waals surface area contributed by atoms with Gasteiger partial charge in [0.15, 0.2) is 5.66 Å². The van der Waals surface area contributed by atoms with E-state index in [2.05, 4.69) is 47.2 Å². The highest BCUT2D eigenvalue weighted by molar-refractivity contribution is 6.41. The quantitative estimate of drug-likeness (QED) is 0.876. The minimum Gasteiger partial charge on any atom is -0.382 e. The lowest BCUT2D eigenvalue weighted by atomic mass is 9.92. The molecule has 0 spiro atoms. The van der Waals surface area contributed by atoms with Crippen molar-refractivity contribution in [2.24, 2.45) is 21.6 Å². The number of nitrogens with zero attached hydrogens (tertiary/aromatic N) is 3. The van der Waals surface area contributed by atoms with Crippen LogP contribution in [0.4, 0.5) is 0 Å². The smallest absolute Gasteiger partial charge is 0.181 e. The average molecular weight is 328 g/mol. The zero-order chi connectivity index (χ0) is 17.4. The van der Waals surface area contributed by atoms with Crippen LogP contribution in [-0.4, -0.2) is 16.5 Å². The number of hydrogen-bond donors (Lipinski definition) is 1. The normalized spacial score (nSPS) is 22.0. The second-order valence-corrected chi connectivity index (χ2v) is 6.61. The van der Waals surface area contributed by atoms with Gasteiger partial charge in [-0.2, -0.15) is 0 Å². The molecule has 0 radical (unpaired) electrons. The summed E-state index contributed by atoms with van der Waals surface area (Å²) in [5, 5.41) is 0. The SMILES string of the molecule is CC#Cc1cncc(-c2cccc([C@]3(C4CC4)N=C(C)C(N)=N3)c2)c1. The Morgan fingerprint density at radius 1 is 1.12 bits per heavy atom. The highest BCUT2D eigenvalue weighted by Crippen LogP contribution is 2.51. The largest absolute Gasteiger partial charge is 0.382 e. The van der Waals surface area contributed by atoms with Crippen LogP contribution in [0.25, 0.3) is 11.1 Å². The Kier molecular flexibility index (Phi) is 3.65. The fourth-order valence-electron chi connectivity index (χ4n) is 3.37. The minimum atomic E-state index is -0.543. The zero-order valence-corrected chi connectivity index (χ0v) is 14.5. The molecule has 1 aromatic carbocycles. The van der Waals surface area contributed by atoms with Gasteiger partial charge in [-0.05, 0) is 44.4 Å². The maximum Gasteiger partial charge on any atom is 0.181 e. The van der Waals surface area contributed by atoms with Gasteiger partial charge in [-0.25, -0.2) is 4.99 Å². The van der Waals surface area contributed by atoms with E-state index in [1.165, 1.54) is 0 Å². The van der Waals surface area contributed by atoms with Crippen LogP contribution in [0.15, 0.2) is 52.7 Å². The van der Waals surface area contributed by atoms with Gasteiger partial charge in [-0.1, -0.05) is 24.1 Å². The Morgan fingerprint density at radius 2 is 1.96 bits per heavy atom. The van der Waals surface area contributed by atoms with E-state index in [9.17, 15) is 0 Å². The van der Waals surface area contributed by atoms with E-state index in [4.69, 9.17) is 15.7 Å². The minimum absolute atomic E-state index is 0.439. The van der Waals surface area contributed by atoms with Gasteiger partial charge < -0.3 is 5.73 Å². The molecule has 2 heterocycles. The summed E-state index contributed by atoms with van der Waals surface area (Å²) in [5.74, 6) is 6.97. The van der Waals surface area contributed by atoms with Crippen LogP contribution in [-0.2, 0) is 5.66 Å². The lowest BCUT2D eigenvalue weighted by Crippen LogP contribution is -2.23. The number of aromatic nitrogens is 1. The van der Waals surface area contributed by atoms with Crippen LogP contribution >= 0.6 is 0 Å². The van der Waals surface area contributed by atoms with Crippen LogP contribution in [0.5, 0.6) is 0 Å². The Labute approximate surface area is 147 Å². The summed E-state index contributed by atoms with van der Waals surface area (Å²) in [5.41, 5.74) is 10.5. The Hall–Kier alpha value is -2.93. The molecule has 4 rings (SSSR count). The van der Waals surface area contributed by atoms with Gasteiger partial charge in [0, 0.05) is 35.0 Å². The third kappa shape index (κ3) is 2.72. The lowest BCUT2D eigenvalue weighted by Gasteiger charge is -2.24. The molecule has 1 atom stereocenters. The number of rotatable bonds is 3. The number of hydrogen-bond acceptors (Lipinski definition) is 4. The van der Waals surface area contributed by atoms with Crippen molar-refractivity contribution in [1.29, 1.82) is 0 Å². The third-order valence-electron chi connectivity index (χ3n) is 4.77. The molecule has 124 valence electrons. The van der Waals surface area contributed by atoms with Crippen molar-refractivity contribution < 1.29 is 0 Å². The number of aliphatic imine (C=N–C) groups is 2. The predicted molar refractivity (Wildman–Crippen MR) is 101 cm³/mol. The molecule has 1 aromatic heterocycles. The van der Waals surface area contributed by atoms with Gasteiger partial charge in [0.2, 0.25) is 0 Å². The first-order chi connectivity index (χ1) is 12.1. The van der Waals surface area contributed by atoms with Crippen LogP contribution in [0, 0.1) is 17.8 Å². The zero-order valence-electron chi connectivity index (χ0n) is 14.5. The molecule has 1 aliphatic heterocycles. The molecule has 0 bridgehead atoms. The second-order valence-electron chi connectivity index (χ2n) is 6.61. The van der Waals surface area contributed by atoms with Crippen molar-refractivity contribution >= 4 is 11.5 Å². The molecular formula is C21H20N4. The maximum atomic E-state index is 6.05. The van der Waals surface area contributed by atoms with Gasteiger partial charge in [0.25, 0.3) is 0 Å². The number of nitrogens with two attached hydrogens (primary N) is 1. The molecule has 1 aliphatic carbocycles. The monoisotopic (exact) mass is 328 g/mol. The molecule has 0 saturated heterocycles. The van der Waals surface area contributed by atoms with Crippen molar-refractivity contribution in [3.05, 3.63) is 53.9 Å². The molecule has 2 N–H and O–H groups in total. The summed E-state index contributed by atoms with van der Waals surface area (Å²) in [7, 11) is 0. The second kappa shape index (κ2) is 5.86.